The largest absolute Gasteiger partial charge is 0.478 e. The van der Waals surface area contributed by atoms with Crippen molar-refractivity contribution in [3.05, 3.63) is 59.7 Å². The minimum atomic E-state index is -3.99. The Bertz CT molecular complexity index is 966. The lowest BCUT2D eigenvalue weighted by atomic mass is 10.1. The number of benzene rings is 2. The quantitative estimate of drug-likeness (QED) is 0.650. The van der Waals surface area contributed by atoms with Gasteiger partial charge in [0.15, 0.2) is 0 Å². The fourth-order valence-corrected chi connectivity index (χ4v) is 3.94. The summed E-state index contributed by atoms with van der Waals surface area (Å²) >= 11 is 0. The molecule has 1 aliphatic heterocycles. The summed E-state index contributed by atoms with van der Waals surface area (Å²) < 4.78 is 33.1. The summed E-state index contributed by atoms with van der Waals surface area (Å²) in [5.74, 6) is -1.56. The van der Waals surface area contributed by atoms with Gasteiger partial charge in [-0.25, -0.2) is 13.2 Å². The normalized spacial score (nSPS) is 16.5. The van der Waals surface area contributed by atoms with Crippen molar-refractivity contribution in [2.75, 3.05) is 17.9 Å². The summed E-state index contributed by atoms with van der Waals surface area (Å²) in [5, 5.41) is 11.7. The van der Waals surface area contributed by atoms with Crippen molar-refractivity contribution in [3.8, 4) is 0 Å². The molecule has 0 aromatic heterocycles. The summed E-state index contributed by atoms with van der Waals surface area (Å²) in [5.41, 5.74) is 0.300. The molecule has 1 saturated heterocycles. The van der Waals surface area contributed by atoms with Crippen molar-refractivity contribution < 1.29 is 27.9 Å². The fraction of sp³-hybridized carbons (Fsp3) is 0.263. The van der Waals surface area contributed by atoms with Gasteiger partial charge in [0.05, 0.1) is 27.8 Å². The van der Waals surface area contributed by atoms with E-state index in [0.717, 1.165) is 12.8 Å². The van der Waals surface area contributed by atoms with Gasteiger partial charge in [0, 0.05) is 13.2 Å². The molecule has 0 saturated carbocycles. The molecule has 1 amide bonds. The zero-order chi connectivity index (χ0) is 20.1. The van der Waals surface area contributed by atoms with Crippen LogP contribution < -0.4 is 10.0 Å². The van der Waals surface area contributed by atoms with Gasteiger partial charge in [-0.15, -0.1) is 0 Å². The van der Waals surface area contributed by atoms with E-state index < -0.39 is 21.9 Å². The molecule has 8 nitrogen and oxygen atoms in total. The molecule has 148 valence electrons. The molecule has 0 bridgehead atoms. The highest BCUT2D eigenvalue weighted by Crippen LogP contribution is 2.21. The van der Waals surface area contributed by atoms with Crippen LogP contribution in [0.15, 0.2) is 53.4 Å². The molecular formula is C19H20N2O6S. The maximum absolute atomic E-state index is 12.6. The second-order valence-corrected chi connectivity index (χ2v) is 8.01. The van der Waals surface area contributed by atoms with Crippen LogP contribution in [0, 0.1) is 0 Å². The second-order valence-electron chi connectivity index (χ2n) is 6.33. The van der Waals surface area contributed by atoms with Gasteiger partial charge in [-0.05, 0) is 49.2 Å². The lowest BCUT2D eigenvalue weighted by Crippen LogP contribution is -2.32. The van der Waals surface area contributed by atoms with E-state index in [1.807, 2.05) is 0 Å². The Morgan fingerprint density at radius 1 is 1.11 bits per heavy atom. The number of para-hydroxylation sites is 1. The number of carboxylic acid groups (broad SMARTS) is 1. The molecule has 2 aromatic rings. The average molecular weight is 404 g/mol. The molecular weight excluding hydrogens is 384 g/mol. The average Bonchev–Trinajstić information content (AvgIpc) is 3.20. The Labute approximate surface area is 162 Å². The smallest absolute Gasteiger partial charge is 0.335 e. The van der Waals surface area contributed by atoms with Crippen LogP contribution >= 0.6 is 0 Å². The number of carbonyl (C=O) groups is 2. The third-order valence-electron chi connectivity index (χ3n) is 4.34. The lowest BCUT2D eigenvalue weighted by molar-refractivity contribution is 0.0696. The molecule has 28 heavy (non-hydrogen) atoms. The number of hydrogen-bond acceptors (Lipinski definition) is 5. The molecule has 3 rings (SSSR count). The first-order chi connectivity index (χ1) is 13.4. The minimum Gasteiger partial charge on any atom is -0.478 e. The summed E-state index contributed by atoms with van der Waals surface area (Å²) in [6.45, 7) is 1.04. The Morgan fingerprint density at radius 3 is 2.46 bits per heavy atom. The number of amides is 1. The Kier molecular flexibility index (Phi) is 5.96. The van der Waals surface area contributed by atoms with E-state index in [2.05, 4.69) is 10.0 Å². The molecule has 3 N–H and O–H groups in total. The van der Waals surface area contributed by atoms with Gasteiger partial charge in [0.2, 0.25) is 0 Å². The Balaban J connectivity index is 1.76. The molecule has 1 fully saturated rings. The predicted octanol–water partition coefficient (Wildman–Crippen LogP) is 2.09. The van der Waals surface area contributed by atoms with Crippen LogP contribution in [0.5, 0.6) is 0 Å². The molecule has 0 unspecified atom stereocenters. The van der Waals surface area contributed by atoms with Crippen LogP contribution in [0.4, 0.5) is 5.69 Å². The van der Waals surface area contributed by atoms with Crippen LogP contribution in [0.2, 0.25) is 0 Å². The van der Waals surface area contributed by atoms with E-state index >= 15 is 0 Å². The number of rotatable bonds is 7. The van der Waals surface area contributed by atoms with Crippen molar-refractivity contribution in [2.45, 2.75) is 23.8 Å². The van der Waals surface area contributed by atoms with Gasteiger partial charge >= 0.3 is 5.97 Å². The number of ether oxygens (including phenoxy) is 1. The first-order valence-corrected chi connectivity index (χ1v) is 10.2. The van der Waals surface area contributed by atoms with Crippen molar-refractivity contribution in [1.29, 1.82) is 0 Å². The molecule has 0 radical (unpaired) electrons. The highest BCUT2D eigenvalue weighted by atomic mass is 32.2. The Morgan fingerprint density at radius 2 is 1.82 bits per heavy atom. The SMILES string of the molecule is O=C(O)c1ccc(S(=O)(=O)Nc2ccccc2C(=O)NC[C@@H]2CCCO2)cc1. The highest BCUT2D eigenvalue weighted by molar-refractivity contribution is 7.92. The maximum atomic E-state index is 12.6. The van der Waals surface area contributed by atoms with E-state index in [9.17, 15) is 18.0 Å². The zero-order valence-electron chi connectivity index (χ0n) is 14.9. The summed E-state index contributed by atoms with van der Waals surface area (Å²) in [6, 6.07) is 11.1. The van der Waals surface area contributed by atoms with Crippen LogP contribution in [-0.4, -0.2) is 44.7 Å². The van der Waals surface area contributed by atoms with E-state index in [4.69, 9.17) is 9.84 Å². The first-order valence-electron chi connectivity index (χ1n) is 8.72. The fourth-order valence-electron chi connectivity index (χ4n) is 2.86. The number of anilines is 1. The van der Waals surface area contributed by atoms with Gasteiger partial charge in [0.25, 0.3) is 15.9 Å². The van der Waals surface area contributed by atoms with Crippen LogP contribution in [0.3, 0.4) is 0 Å². The van der Waals surface area contributed by atoms with Crippen LogP contribution in [0.25, 0.3) is 0 Å². The third-order valence-corrected chi connectivity index (χ3v) is 5.72. The van der Waals surface area contributed by atoms with Crippen LogP contribution in [-0.2, 0) is 14.8 Å². The van der Waals surface area contributed by atoms with Crippen molar-refractivity contribution >= 4 is 27.6 Å². The van der Waals surface area contributed by atoms with Gasteiger partial charge in [-0.3, -0.25) is 9.52 Å². The second kappa shape index (κ2) is 8.41. The summed E-state index contributed by atoms with van der Waals surface area (Å²) in [6.07, 6.45) is 1.80. The van der Waals surface area contributed by atoms with E-state index in [-0.39, 0.29) is 27.8 Å². The molecule has 1 heterocycles. The van der Waals surface area contributed by atoms with Gasteiger partial charge < -0.3 is 15.2 Å². The number of aromatic carboxylic acids is 1. The van der Waals surface area contributed by atoms with E-state index in [0.29, 0.717) is 13.2 Å². The molecule has 1 atom stereocenters. The maximum Gasteiger partial charge on any atom is 0.335 e. The molecule has 2 aromatic carbocycles. The number of nitrogens with one attached hydrogen (secondary N) is 2. The number of hydrogen-bond donors (Lipinski definition) is 3. The highest BCUT2D eigenvalue weighted by Gasteiger charge is 2.21. The topological polar surface area (TPSA) is 122 Å². The van der Waals surface area contributed by atoms with Gasteiger partial charge in [-0.1, -0.05) is 12.1 Å². The monoisotopic (exact) mass is 404 g/mol. The lowest BCUT2D eigenvalue weighted by Gasteiger charge is -2.14. The molecule has 9 heteroatoms. The van der Waals surface area contributed by atoms with E-state index in [1.54, 1.807) is 12.1 Å². The number of carbonyl (C=O) groups excluding carboxylic acids is 1. The Hall–Kier alpha value is -2.91. The van der Waals surface area contributed by atoms with Gasteiger partial charge in [-0.2, -0.15) is 0 Å². The summed E-state index contributed by atoms with van der Waals surface area (Å²) in [7, 11) is -3.99. The van der Waals surface area contributed by atoms with Crippen molar-refractivity contribution in [3.63, 3.8) is 0 Å². The number of sulfonamides is 1. The standard InChI is InChI=1S/C19H20N2O6S/c22-18(20-12-14-4-3-11-27-14)16-5-1-2-6-17(16)21-28(25,26)15-9-7-13(8-10-15)19(23)24/h1-2,5-10,14,21H,3-4,11-12H2,(H,20,22)(H,23,24)/t14-/m0/s1. The predicted molar refractivity (Wildman–Crippen MR) is 102 cm³/mol. The van der Waals surface area contributed by atoms with E-state index in [1.165, 1.54) is 36.4 Å². The summed E-state index contributed by atoms with van der Waals surface area (Å²) in [4.78, 5) is 23.3. The van der Waals surface area contributed by atoms with Crippen molar-refractivity contribution in [2.24, 2.45) is 0 Å². The van der Waals surface area contributed by atoms with Crippen LogP contribution in [0.1, 0.15) is 33.6 Å². The van der Waals surface area contributed by atoms with Crippen molar-refractivity contribution in [1.82, 2.24) is 5.32 Å². The molecule has 0 spiro atoms. The zero-order valence-corrected chi connectivity index (χ0v) is 15.7. The molecule has 0 aliphatic carbocycles. The molecule has 1 aliphatic rings. The first kappa shape index (κ1) is 19.8. The number of carboxylic acids is 1. The van der Waals surface area contributed by atoms with Gasteiger partial charge in [0.1, 0.15) is 0 Å². The third kappa shape index (κ3) is 4.68. The minimum absolute atomic E-state index is 0.0205.